The summed E-state index contributed by atoms with van der Waals surface area (Å²) in [4.78, 5) is 18.3. The summed E-state index contributed by atoms with van der Waals surface area (Å²) in [5.74, 6) is 0.478. The molecule has 1 saturated heterocycles. The molecule has 1 aliphatic rings. The van der Waals surface area contributed by atoms with Gasteiger partial charge in [0.2, 0.25) is 0 Å². The molecule has 0 aromatic heterocycles. The number of carbonyl (C=O) groups is 1. The maximum Gasteiger partial charge on any atom is 0.251 e. The number of benzene rings is 2. The molecule has 3 N–H and O–H groups in total. The molecule has 0 bridgehead atoms. The molecule has 0 radical (unpaired) electrons. The van der Waals surface area contributed by atoms with Crippen molar-refractivity contribution in [3.05, 3.63) is 65.0 Å². The molecule has 3 rings (SSSR count). The molecule has 7 heteroatoms. The number of carbonyl (C=O) groups excluding carboxylic acids is 1. The Balaban J connectivity index is 1.53. The molecule has 166 valence electrons. The standard InChI is InChI=1S/C24H32FN5O/c1-17-9-10-21(25)22(14-17)30-13-5-8-20(16-30)29-24(27-3)28-12-11-18-6-4-7-19(15-18)23(31)26-2/h4,6-7,9-10,14-15,20H,5,8,11-13,16H2,1-3H3,(H,26,31)(H2,27,28,29). The van der Waals surface area contributed by atoms with E-state index in [0.717, 1.165) is 49.4 Å². The van der Waals surface area contributed by atoms with Gasteiger partial charge in [-0.15, -0.1) is 0 Å². The molecule has 1 heterocycles. The molecule has 2 aromatic rings. The number of halogens is 1. The van der Waals surface area contributed by atoms with Crippen molar-refractivity contribution in [1.29, 1.82) is 0 Å². The predicted octanol–water partition coefficient (Wildman–Crippen LogP) is 2.87. The number of hydrogen-bond donors (Lipinski definition) is 3. The molecular formula is C24H32FN5O. The minimum absolute atomic E-state index is 0.0841. The Morgan fingerprint density at radius 1 is 1.26 bits per heavy atom. The van der Waals surface area contributed by atoms with E-state index in [4.69, 9.17) is 0 Å². The first-order valence-electron chi connectivity index (χ1n) is 10.8. The second kappa shape index (κ2) is 10.8. The summed E-state index contributed by atoms with van der Waals surface area (Å²) in [6, 6.07) is 13.1. The smallest absolute Gasteiger partial charge is 0.251 e. The maximum atomic E-state index is 14.3. The van der Waals surface area contributed by atoms with Crippen LogP contribution in [0.25, 0.3) is 0 Å². The van der Waals surface area contributed by atoms with Crippen molar-refractivity contribution < 1.29 is 9.18 Å². The van der Waals surface area contributed by atoms with Crippen LogP contribution >= 0.6 is 0 Å². The highest BCUT2D eigenvalue weighted by atomic mass is 19.1. The second-order valence-electron chi connectivity index (χ2n) is 7.91. The Kier molecular flexibility index (Phi) is 7.87. The van der Waals surface area contributed by atoms with Gasteiger partial charge in [-0.25, -0.2) is 4.39 Å². The van der Waals surface area contributed by atoms with E-state index >= 15 is 0 Å². The van der Waals surface area contributed by atoms with Crippen LogP contribution in [0.4, 0.5) is 10.1 Å². The number of nitrogens with one attached hydrogen (secondary N) is 3. The lowest BCUT2D eigenvalue weighted by Gasteiger charge is -2.35. The van der Waals surface area contributed by atoms with E-state index in [9.17, 15) is 9.18 Å². The Hall–Kier alpha value is -3.09. The first kappa shape index (κ1) is 22.6. The first-order chi connectivity index (χ1) is 15.0. The van der Waals surface area contributed by atoms with Crippen LogP contribution in [0.5, 0.6) is 0 Å². The van der Waals surface area contributed by atoms with Crippen LogP contribution in [0.2, 0.25) is 0 Å². The average Bonchev–Trinajstić information content (AvgIpc) is 2.79. The summed E-state index contributed by atoms with van der Waals surface area (Å²) in [6.07, 6.45) is 2.78. The molecular weight excluding hydrogens is 393 g/mol. The Morgan fingerprint density at radius 2 is 2.10 bits per heavy atom. The van der Waals surface area contributed by atoms with Gasteiger partial charge in [0.25, 0.3) is 5.91 Å². The predicted molar refractivity (Wildman–Crippen MR) is 124 cm³/mol. The highest BCUT2D eigenvalue weighted by molar-refractivity contribution is 5.94. The van der Waals surface area contributed by atoms with Gasteiger partial charge in [-0.2, -0.15) is 0 Å². The number of aliphatic imine (C=N–C) groups is 1. The summed E-state index contributed by atoms with van der Waals surface area (Å²) in [5.41, 5.74) is 3.48. The monoisotopic (exact) mass is 425 g/mol. The van der Waals surface area contributed by atoms with Crippen LogP contribution in [-0.4, -0.2) is 51.6 Å². The highest BCUT2D eigenvalue weighted by Gasteiger charge is 2.23. The fraction of sp³-hybridized carbons (Fsp3) is 0.417. The molecule has 6 nitrogen and oxygen atoms in total. The number of amides is 1. The fourth-order valence-electron chi connectivity index (χ4n) is 3.90. The quantitative estimate of drug-likeness (QED) is 0.492. The number of anilines is 1. The zero-order valence-corrected chi connectivity index (χ0v) is 18.5. The fourth-order valence-corrected chi connectivity index (χ4v) is 3.90. The summed E-state index contributed by atoms with van der Waals surface area (Å²) in [6.45, 7) is 4.26. The third-order valence-corrected chi connectivity index (χ3v) is 5.55. The van der Waals surface area contributed by atoms with E-state index in [1.54, 1.807) is 26.2 Å². The molecule has 1 fully saturated rings. The van der Waals surface area contributed by atoms with Crippen LogP contribution in [-0.2, 0) is 6.42 Å². The average molecular weight is 426 g/mol. The third-order valence-electron chi connectivity index (χ3n) is 5.55. The lowest BCUT2D eigenvalue weighted by atomic mass is 10.0. The molecule has 1 atom stereocenters. The van der Waals surface area contributed by atoms with Crippen LogP contribution in [0.1, 0.15) is 34.3 Å². The number of guanidine groups is 1. The number of aryl methyl sites for hydroxylation is 1. The summed E-state index contributed by atoms with van der Waals surface area (Å²) >= 11 is 0. The van der Waals surface area contributed by atoms with E-state index in [1.165, 1.54) is 0 Å². The number of nitrogens with zero attached hydrogens (tertiary/aromatic N) is 2. The zero-order valence-electron chi connectivity index (χ0n) is 18.5. The third kappa shape index (κ3) is 6.20. The molecule has 1 aliphatic heterocycles. The molecule has 31 heavy (non-hydrogen) atoms. The Labute approximate surface area is 183 Å². The van der Waals surface area contributed by atoms with E-state index in [1.807, 2.05) is 37.3 Å². The van der Waals surface area contributed by atoms with Crippen LogP contribution in [0.3, 0.4) is 0 Å². The first-order valence-corrected chi connectivity index (χ1v) is 10.8. The minimum atomic E-state index is -0.173. The Morgan fingerprint density at radius 3 is 2.87 bits per heavy atom. The minimum Gasteiger partial charge on any atom is -0.367 e. The van der Waals surface area contributed by atoms with Crippen molar-refractivity contribution in [3.8, 4) is 0 Å². The van der Waals surface area contributed by atoms with E-state index < -0.39 is 0 Å². The normalized spacial score (nSPS) is 16.7. The lowest BCUT2D eigenvalue weighted by molar-refractivity contribution is 0.0963. The largest absolute Gasteiger partial charge is 0.367 e. The van der Waals surface area contributed by atoms with Gasteiger partial charge >= 0.3 is 0 Å². The number of hydrogen-bond acceptors (Lipinski definition) is 3. The van der Waals surface area contributed by atoms with Crippen molar-refractivity contribution in [1.82, 2.24) is 16.0 Å². The lowest BCUT2D eigenvalue weighted by Crippen LogP contribution is -2.51. The van der Waals surface area contributed by atoms with Gasteiger partial charge in [0, 0.05) is 45.3 Å². The number of rotatable bonds is 6. The van der Waals surface area contributed by atoms with E-state index in [0.29, 0.717) is 17.8 Å². The Bertz CT molecular complexity index is 930. The van der Waals surface area contributed by atoms with Crippen molar-refractivity contribution in [3.63, 3.8) is 0 Å². The molecule has 0 spiro atoms. The van der Waals surface area contributed by atoms with E-state index in [-0.39, 0.29) is 17.8 Å². The highest BCUT2D eigenvalue weighted by Crippen LogP contribution is 2.24. The van der Waals surface area contributed by atoms with E-state index in [2.05, 4.69) is 25.8 Å². The van der Waals surface area contributed by atoms with Crippen molar-refractivity contribution in [2.75, 3.05) is 38.6 Å². The van der Waals surface area contributed by atoms with Crippen molar-refractivity contribution >= 4 is 17.6 Å². The van der Waals surface area contributed by atoms with Gasteiger partial charge in [0.1, 0.15) is 5.82 Å². The molecule has 0 saturated carbocycles. The van der Waals surface area contributed by atoms with Gasteiger partial charge in [0.05, 0.1) is 5.69 Å². The molecule has 1 unspecified atom stereocenters. The van der Waals surface area contributed by atoms with Crippen molar-refractivity contribution in [2.24, 2.45) is 4.99 Å². The van der Waals surface area contributed by atoms with Crippen LogP contribution in [0, 0.1) is 12.7 Å². The van der Waals surface area contributed by atoms with Gasteiger partial charge in [0.15, 0.2) is 5.96 Å². The van der Waals surface area contributed by atoms with Gasteiger partial charge in [-0.3, -0.25) is 9.79 Å². The van der Waals surface area contributed by atoms with Gasteiger partial charge in [-0.05, 0) is 61.6 Å². The summed E-state index contributed by atoms with van der Waals surface area (Å²) < 4.78 is 14.3. The maximum absolute atomic E-state index is 14.3. The molecule has 2 aromatic carbocycles. The molecule has 0 aliphatic carbocycles. The zero-order chi connectivity index (χ0) is 22.2. The molecule has 1 amide bonds. The van der Waals surface area contributed by atoms with Crippen LogP contribution < -0.4 is 20.9 Å². The van der Waals surface area contributed by atoms with Crippen LogP contribution in [0.15, 0.2) is 47.5 Å². The topological polar surface area (TPSA) is 68.8 Å². The van der Waals surface area contributed by atoms with Gasteiger partial charge in [-0.1, -0.05) is 18.2 Å². The summed E-state index contributed by atoms with van der Waals surface area (Å²) in [7, 11) is 3.38. The van der Waals surface area contributed by atoms with Crippen molar-refractivity contribution in [2.45, 2.75) is 32.2 Å². The van der Waals surface area contributed by atoms with Gasteiger partial charge < -0.3 is 20.9 Å². The SMILES string of the molecule is CN=C(NCCc1cccc(C(=O)NC)c1)NC1CCCN(c2cc(C)ccc2F)C1. The summed E-state index contributed by atoms with van der Waals surface area (Å²) in [5, 5.41) is 9.47. The number of piperidine rings is 1. The second-order valence-corrected chi connectivity index (χ2v) is 7.91.